The Hall–Kier alpha value is -4.36. The Kier molecular flexibility index (Phi) is 5.97. The van der Waals surface area contributed by atoms with Gasteiger partial charge in [-0.05, 0) is 85.0 Å². The van der Waals surface area contributed by atoms with Gasteiger partial charge in [0.05, 0.1) is 24.5 Å². The Morgan fingerprint density at radius 1 is 0.861 bits per heavy atom. The van der Waals surface area contributed by atoms with E-state index in [2.05, 4.69) is 38.1 Å². The van der Waals surface area contributed by atoms with Crippen LogP contribution in [0.2, 0.25) is 0 Å². The zero-order chi connectivity index (χ0) is 24.3. The van der Waals surface area contributed by atoms with Crippen LogP contribution in [0.1, 0.15) is 29.2 Å². The number of hydrogen-bond donors (Lipinski definition) is 1. The van der Waals surface area contributed by atoms with Gasteiger partial charge >= 0.3 is 0 Å². The smallest absolute Gasteiger partial charge is 0.174 e. The second-order valence-electron chi connectivity index (χ2n) is 8.55. The summed E-state index contributed by atoms with van der Waals surface area (Å²) in [5, 5.41) is 4.18. The monoisotopic (exact) mass is 492 g/mol. The minimum atomic E-state index is -0.121. The van der Waals surface area contributed by atoms with Crippen molar-refractivity contribution in [1.29, 1.82) is 0 Å². The number of pyridine rings is 1. The van der Waals surface area contributed by atoms with Crippen LogP contribution in [0.3, 0.4) is 0 Å². The number of rotatable bonds is 7. The predicted molar refractivity (Wildman–Crippen MR) is 143 cm³/mol. The number of benzene rings is 2. The predicted octanol–water partition coefficient (Wildman–Crippen LogP) is 6.49. The number of thiocarbonyl (C=S) groups is 1. The number of hydrogen-bond acceptors (Lipinski definition) is 4. The van der Waals surface area contributed by atoms with E-state index in [1.807, 2.05) is 91.1 Å². The Labute approximate surface area is 214 Å². The van der Waals surface area contributed by atoms with Crippen LogP contribution in [0.15, 0.2) is 120 Å². The van der Waals surface area contributed by atoms with E-state index in [1.54, 1.807) is 6.26 Å². The van der Waals surface area contributed by atoms with Gasteiger partial charge in [0, 0.05) is 23.8 Å². The molecule has 6 nitrogen and oxygen atoms in total. The first kappa shape index (κ1) is 22.1. The number of para-hydroxylation sites is 1. The zero-order valence-corrected chi connectivity index (χ0v) is 20.2. The maximum Gasteiger partial charge on any atom is 0.174 e. The zero-order valence-electron chi connectivity index (χ0n) is 19.4. The average molecular weight is 493 g/mol. The van der Waals surface area contributed by atoms with Crippen molar-refractivity contribution in [3.05, 3.63) is 133 Å². The Morgan fingerprint density at radius 3 is 2.42 bits per heavy atom. The summed E-state index contributed by atoms with van der Waals surface area (Å²) in [6.45, 7) is 0.630. The van der Waals surface area contributed by atoms with Gasteiger partial charge in [0.2, 0.25) is 0 Å². The lowest BCUT2D eigenvalue weighted by Gasteiger charge is -2.29. The molecule has 1 aliphatic rings. The molecule has 2 aromatic carbocycles. The molecule has 1 aliphatic heterocycles. The van der Waals surface area contributed by atoms with Crippen LogP contribution in [-0.2, 0) is 6.54 Å². The lowest BCUT2D eigenvalue weighted by molar-refractivity contribution is 0.475. The molecule has 0 bridgehead atoms. The van der Waals surface area contributed by atoms with Crippen molar-refractivity contribution in [1.82, 2.24) is 14.9 Å². The fourth-order valence-corrected chi connectivity index (χ4v) is 4.99. The number of ether oxygens (including phenoxy) is 1. The third kappa shape index (κ3) is 4.36. The van der Waals surface area contributed by atoms with Gasteiger partial charge < -0.3 is 23.9 Å². The van der Waals surface area contributed by atoms with Crippen molar-refractivity contribution in [3.8, 4) is 11.5 Å². The lowest BCUT2D eigenvalue weighted by atomic mass is 10.0. The first-order valence-corrected chi connectivity index (χ1v) is 12.2. The number of furan rings is 1. The minimum absolute atomic E-state index is 0.113. The molecule has 7 heteroatoms. The van der Waals surface area contributed by atoms with Crippen molar-refractivity contribution in [2.75, 3.05) is 4.90 Å². The molecular formula is C29H24N4O2S. The van der Waals surface area contributed by atoms with Gasteiger partial charge in [-0.2, -0.15) is 0 Å². The quantitative estimate of drug-likeness (QED) is 0.262. The van der Waals surface area contributed by atoms with E-state index in [9.17, 15) is 0 Å². The molecule has 1 saturated heterocycles. The molecule has 0 amide bonds. The van der Waals surface area contributed by atoms with Crippen LogP contribution in [0, 0.1) is 0 Å². The van der Waals surface area contributed by atoms with E-state index >= 15 is 0 Å². The van der Waals surface area contributed by atoms with Crippen molar-refractivity contribution in [3.63, 3.8) is 0 Å². The third-order valence-electron chi connectivity index (χ3n) is 6.27. The van der Waals surface area contributed by atoms with Crippen molar-refractivity contribution < 1.29 is 9.15 Å². The van der Waals surface area contributed by atoms with Crippen LogP contribution in [0.4, 0.5) is 5.69 Å². The molecule has 3 aromatic heterocycles. The standard InChI is InChI=1S/C29H24N4O2S/c36-29-31-27(25-11-4-5-17-30-25)28(26-12-6-18-32(26)20-24-10-7-19-34-24)33(29)21-13-15-23(16-14-21)35-22-8-2-1-3-9-22/h1-19,27-28H,20H2,(H,31,36)/t27-,28-/m0/s1. The highest BCUT2D eigenvalue weighted by atomic mass is 32.1. The van der Waals surface area contributed by atoms with Gasteiger partial charge in [0.25, 0.3) is 0 Å². The third-order valence-corrected chi connectivity index (χ3v) is 6.58. The largest absolute Gasteiger partial charge is 0.467 e. The van der Waals surface area contributed by atoms with Gasteiger partial charge in [0.1, 0.15) is 23.3 Å². The molecule has 0 saturated carbocycles. The summed E-state index contributed by atoms with van der Waals surface area (Å²) in [6, 6.07) is 31.6. The highest BCUT2D eigenvalue weighted by Crippen LogP contribution is 2.42. The number of aromatic nitrogens is 2. The van der Waals surface area contributed by atoms with Crippen LogP contribution in [0.25, 0.3) is 0 Å². The van der Waals surface area contributed by atoms with Gasteiger partial charge in [-0.1, -0.05) is 24.3 Å². The van der Waals surface area contributed by atoms with Crippen LogP contribution < -0.4 is 15.0 Å². The maximum absolute atomic E-state index is 6.00. The van der Waals surface area contributed by atoms with E-state index in [-0.39, 0.29) is 12.1 Å². The summed E-state index contributed by atoms with van der Waals surface area (Å²) < 4.78 is 13.8. The fourth-order valence-electron chi connectivity index (χ4n) is 4.64. The molecular weight excluding hydrogens is 468 g/mol. The van der Waals surface area contributed by atoms with Crippen molar-refractivity contribution >= 4 is 23.0 Å². The van der Waals surface area contributed by atoms with Gasteiger partial charge in [-0.3, -0.25) is 4.98 Å². The molecule has 178 valence electrons. The fraction of sp³-hybridized carbons (Fsp3) is 0.103. The van der Waals surface area contributed by atoms with E-state index < -0.39 is 0 Å². The molecule has 0 spiro atoms. The Bertz CT molecular complexity index is 1430. The topological polar surface area (TPSA) is 55.5 Å². The molecule has 0 unspecified atom stereocenters. The van der Waals surface area contributed by atoms with E-state index in [0.717, 1.165) is 34.3 Å². The first-order chi connectivity index (χ1) is 17.8. The highest BCUT2D eigenvalue weighted by Gasteiger charge is 2.42. The van der Waals surface area contributed by atoms with Crippen molar-refractivity contribution in [2.24, 2.45) is 0 Å². The van der Waals surface area contributed by atoms with E-state index in [0.29, 0.717) is 11.7 Å². The summed E-state index contributed by atoms with van der Waals surface area (Å²) in [5.41, 5.74) is 3.02. The van der Waals surface area contributed by atoms with Crippen molar-refractivity contribution in [2.45, 2.75) is 18.6 Å². The van der Waals surface area contributed by atoms with Crippen LogP contribution >= 0.6 is 12.2 Å². The van der Waals surface area contributed by atoms with Gasteiger partial charge in [-0.15, -0.1) is 0 Å². The lowest BCUT2D eigenvalue weighted by Crippen LogP contribution is -2.30. The molecule has 5 aromatic rings. The Morgan fingerprint density at radius 2 is 1.67 bits per heavy atom. The minimum Gasteiger partial charge on any atom is -0.467 e. The SMILES string of the molecule is S=C1N[C@@H](c2ccccn2)[C@H](c2cccn2Cc2ccco2)N1c1ccc(Oc2ccccc2)cc1. The highest BCUT2D eigenvalue weighted by molar-refractivity contribution is 7.80. The average Bonchev–Trinajstić information content (AvgIpc) is 3.67. The summed E-state index contributed by atoms with van der Waals surface area (Å²) in [4.78, 5) is 6.81. The number of nitrogens with zero attached hydrogens (tertiary/aromatic N) is 3. The summed E-state index contributed by atoms with van der Waals surface area (Å²) >= 11 is 5.88. The maximum atomic E-state index is 6.00. The molecule has 4 heterocycles. The summed E-state index contributed by atoms with van der Waals surface area (Å²) in [7, 11) is 0. The molecule has 0 radical (unpaired) electrons. The molecule has 0 aliphatic carbocycles. The summed E-state index contributed by atoms with van der Waals surface area (Å²) in [6.07, 6.45) is 5.59. The van der Waals surface area contributed by atoms with Gasteiger partial charge in [0.15, 0.2) is 5.11 Å². The second kappa shape index (κ2) is 9.71. The number of anilines is 1. The van der Waals surface area contributed by atoms with Gasteiger partial charge in [-0.25, -0.2) is 0 Å². The van der Waals surface area contributed by atoms with E-state index in [4.69, 9.17) is 21.4 Å². The molecule has 1 N–H and O–H groups in total. The Balaban J connectivity index is 1.36. The molecule has 6 rings (SSSR count). The van der Waals surface area contributed by atoms with E-state index in [1.165, 1.54) is 0 Å². The summed E-state index contributed by atoms with van der Waals surface area (Å²) in [5.74, 6) is 2.46. The molecule has 1 fully saturated rings. The normalized spacial score (nSPS) is 17.2. The molecule has 2 atom stereocenters. The first-order valence-electron chi connectivity index (χ1n) is 11.8. The van der Waals surface area contributed by atoms with Crippen LogP contribution in [0.5, 0.6) is 11.5 Å². The molecule has 36 heavy (non-hydrogen) atoms. The number of nitrogens with one attached hydrogen (secondary N) is 1. The van der Waals surface area contributed by atoms with Crippen LogP contribution in [-0.4, -0.2) is 14.7 Å². The second-order valence-corrected chi connectivity index (χ2v) is 8.93.